The van der Waals surface area contributed by atoms with Gasteiger partial charge in [-0.2, -0.15) is 13.2 Å². The Morgan fingerprint density at radius 3 is 1.87 bits per heavy atom. The Labute approximate surface area is 169 Å². The molecule has 11 heteroatoms. The van der Waals surface area contributed by atoms with Crippen LogP contribution < -0.4 is 16.6 Å². The number of benzene rings is 2. The van der Waals surface area contributed by atoms with Crippen molar-refractivity contribution in [2.75, 3.05) is 0 Å². The van der Waals surface area contributed by atoms with Gasteiger partial charge in [0.05, 0.1) is 6.04 Å². The first-order chi connectivity index (χ1) is 14.1. The van der Waals surface area contributed by atoms with Crippen molar-refractivity contribution < 1.29 is 37.4 Å². The number of carbonyl (C=O) groups is 3. The number of aliphatic carboxylic acids is 1. The molecule has 0 saturated heterocycles. The fourth-order valence-corrected chi connectivity index (χ4v) is 1.93. The van der Waals surface area contributed by atoms with Gasteiger partial charge in [0.2, 0.25) is 0 Å². The van der Waals surface area contributed by atoms with Gasteiger partial charge in [-0.05, 0) is 17.5 Å². The normalized spacial score (nSPS) is 11.3. The number of carbonyl (C=O) groups excluding carboxylic acids is 2. The Morgan fingerprint density at radius 1 is 0.933 bits per heavy atom. The number of nitrogens with two attached hydrogens (primary N) is 1. The van der Waals surface area contributed by atoms with E-state index in [4.69, 9.17) is 20.4 Å². The monoisotopic (exact) mass is 427 g/mol. The average molecular weight is 427 g/mol. The number of amides is 2. The van der Waals surface area contributed by atoms with Crippen LogP contribution in [-0.4, -0.2) is 35.3 Å². The number of hydrogen-bond acceptors (Lipinski definition) is 5. The smallest absolute Gasteiger partial charge is 0.475 e. The number of ether oxygens (including phenoxy) is 1. The zero-order valence-corrected chi connectivity index (χ0v) is 15.6. The fraction of sp³-hybridized carbons (Fsp3) is 0.211. The molecule has 0 aliphatic rings. The Hall–Kier alpha value is -3.60. The molecule has 0 aliphatic heterocycles. The van der Waals surface area contributed by atoms with E-state index in [1.165, 1.54) is 0 Å². The molecule has 0 aromatic heterocycles. The van der Waals surface area contributed by atoms with E-state index >= 15 is 0 Å². The lowest BCUT2D eigenvalue weighted by molar-refractivity contribution is -0.192. The summed E-state index contributed by atoms with van der Waals surface area (Å²) < 4.78 is 36.7. The maximum Gasteiger partial charge on any atom is 0.490 e. The molecule has 0 spiro atoms. The second-order valence-electron chi connectivity index (χ2n) is 5.78. The summed E-state index contributed by atoms with van der Waals surface area (Å²) in [5.41, 5.74) is 12.0. The lowest BCUT2D eigenvalue weighted by atomic mass is 10.1. The third kappa shape index (κ3) is 10.1. The second-order valence-corrected chi connectivity index (χ2v) is 5.78. The molecule has 2 rings (SSSR count). The van der Waals surface area contributed by atoms with Gasteiger partial charge in [0.1, 0.15) is 6.61 Å². The maximum absolute atomic E-state index is 11.8. The zero-order valence-electron chi connectivity index (χ0n) is 15.6. The minimum absolute atomic E-state index is 0.124. The molecule has 0 saturated carbocycles. The Kier molecular flexibility index (Phi) is 9.83. The number of alkyl halides is 3. The van der Waals surface area contributed by atoms with Gasteiger partial charge < -0.3 is 15.6 Å². The molecule has 1 atom stereocenters. The number of hydrogen-bond donors (Lipinski definition) is 4. The molecular weight excluding hydrogens is 407 g/mol. The summed E-state index contributed by atoms with van der Waals surface area (Å²) in [5, 5.41) is 7.12. The molecule has 0 bridgehead atoms. The molecule has 0 aliphatic carbocycles. The van der Waals surface area contributed by atoms with Crippen molar-refractivity contribution in [1.29, 1.82) is 0 Å². The van der Waals surface area contributed by atoms with Crippen LogP contribution in [0.1, 0.15) is 11.1 Å². The van der Waals surface area contributed by atoms with E-state index < -0.39 is 30.2 Å². The summed E-state index contributed by atoms with van der Waals surface area (Å²) in [6.45, 7) is 0.124. The molecule has 0 heterocycles. The molecule has 2 aromatic carbocycles. The van der Waals surface area contributed by atoms with Gasteiger partial charge in [-0.3, -0.25) is 10.2 Å². The first-order valence-corrected chi connectivity index (χ1v) is 8.45. The summed E-state index contributed by atoms with van der Waals surface area (Å²) in [5.74, 6) is -3.24. The molecule has 0 fully saturated rings. The highest BCUT2D eigenvalue weighted by atomic mass is 19.4. The number of nitrogens with one attached hydrogen (secondary N) is 2. The van der Waals surface area contributed by atoms with Crippen molar-refractivity contribution in [1.82, 2.24) is 10.9 Å². The molecule has 2 amide bonds. The van der Waals surface area contributed by atoms with Crippen molar-refractivity contribution in [2.24, 2.45) is 5.73 Å². The summed E-state index contributed by atoms with van der Waals surface area (Å²) in [6.07, 6.45) is -5.44. The Balaban J connectivity index is 0.000000553. The summed E-state index contributed by atoms with van der Waals surface area (Å²) in [4.78, 5) is 32.2. The lowest BCUT2D eigenvalue weighted by Crippen LogP contribution is -2.50. The molecule has 0 radical (unpaired) electrons. The van der Waals surface area contributed by atoms with Gasteiger partial charge in [-0.25, -0.2) is 15.0 Å². The highest BCUT2D eigenvalue weighted by Crippen LogP contribution is 2.13. The topological polar surface area (TPSA) is 131 Å². The number of hydrazine groups is 1. The molecule has 1 unspecified atom stereocenters. The second kappa shape index (κ2) is 12.1. The largest absolute Gasteiger partial charge is 0.490 e. The zero-order chi connectivity index (χ0) is 22.6. The van der Waals surface area contributed by atoms with Gasteiger partial charge in [0, 0.05) is 0 Å². The fourth-order valence-electron chi connectivity index (χ4n) is 1.93. The number of halogens is 3. The first-order valence-electron chi connectivity index (χ1n) is 8.45. The van der Waals surface area contributed by atoms with Crippen LogP contribution in [0.3, 0.4) is 0 Å². The van der Waals surface area contributed by atoms with Crippen LogP contribution in [0.25, 0.3) is 0 Å². The van der Waals surface area contributed by atoms with Crippen molar-refractivity contribution in [2.45, 2.75) is 25.2 Å². The van der Waals surface area contributed by atoms with Crippen LogP contribution in [-0.2, 0) is 27.4 Å². The standard InChI is InChI=1S/C17H19N3O3.C2HF3O2/c18-15(11-13-7-3-1-4-8-13)16(21)19-20-17(22)23-12-14-9-5-2-6-10-14;3-2(4,5)1(6)7/h1-10,15H,11-12,18H2,(H,19,21)(H,20,22);(H,6,7). The minimum atomic E-state index is -5.08. The van der Waals surface area contributed by atoms with Crippen molar-refractivity contribution in [3.63, 3.8) is 0 Å². The van der Waals surface area contributed by atoms with E-state index in [0.717, 1.165) is 11.1 Å². The van der Waals surface area contributed by atoms with E-state index in [0.29, 0.717) is 6.42 Å². The predicted octanol–water partition coefficient (Wildman–Crippen LogP) is 2.15. The third-order valence-electron chi connectivity index (χ3n) is 3.38. The molecule has 8 nitrogen and oxygen atoms in total. The number of carboxylic acids is 1. The van der Waals surface area contributed by atoms with Crippen LogP contribution in [0.4, 0.5) is 18.0 Å². The lowest BCUT2D eigenvalue weighted by Gasteiger charge is -2.13. The summed E-state index contributed by atoms with van der Waals surface area (Å²) in [6, 6.07) is 17.9. The highest BCUT2D eigenvalue weighted by molar-refractivity contribution is 5.83. The molecule has 5 N–H and O–H groups in total. The van der Waals surface area contributed by atoms with E-state index in [1.54, 1.807) is 0 Å². The number of rotatable bonds is 5. The van der Waals surface area contributed by atoms with E-state index in [1.807, 2.05) is 60.7 Å². The van der Waals surface area contributed by atoms with Gasteiger partial charge >= 0.3 is 18.2 Å². The van der Waals surface area contributed by atoms with Crippen LogP contribution in [0, 0.1) is 0 Å². The molecule has 30 heavy (non-hydrogen) atoms. The van der Waals surface area contributed by atoms with Crippen LogP contribution in [0.15, 0.2) is 60.7 Å². The van der Waals surface area contributed by atoms with Crippen LogP contribution >= 0.6 is 0 Å². The Bertz CT molecular complexity index is 817. The van der Waals surface area contributed by atoms with Crippen molar-refractivity contribution in [3.05, 3.63) is 71.8 Å². The summed E-state index contributed by atoms with van der Waals surface area (Å²) in [7, 11) is 0. The van der Waals surface area contributed by atoms with Crippen molar-refractivity contribution >= 4 is 18.0 Å². The van der Waals surface area contributed by atoms with E-state index in [9.17, 15) is 22.8 Å². The SMILES string of the molecule is NC(Cc1ccccc1)C(=O)NNC(=O)OCc1ccccc1.O=C(O)C(F)(F)F. The van der Waals surface area contributed by atoms with Gasteiger partial charge in [-0.15, -0.1) is 0 Å². The van der Waals surface area contributed by atoms with Gasteiger partial charge in [0.15, 0.2) is 0 Å². The molecule has 2 aromatic rings. The molecular formula is C19H20F3N3O5. The highest BCUT2D eigenvalue weighted by Gasteiger charge is 2.38. The Morgan fingerprint density at radius 2 is 1.40 bits per heavy atom. The minimum Gasteiger partial charge on any atom is -0.475 e. The van der Waals surface area contributed by atoms with Gasteiger partial charge in [-0.1, -0.05) is 60.7 Å². The van der Waals surface area contributed by atoms with Gasteiger partial charge in [0.25, 0.3) is 5.91 Å². The first kappa shape index (κ1) is 24.4. The summed E-state index contributed by atoms with van der Waals surface area (Å²) >= 11 is 0. The van der Waals surface area contributed by atoms with Crippen LogP contribution in [0.5, 0.6) is 0 Å². The quantitative estimate of drug-likeness (QED) is 0.541. The average Bonchev–Trinajstić information content (AvgIpc) is 2.71. The van der Waals surface area contributed by atoms with Crippen molar-refractivity contribution in [3.8, 4) is 0 Å². The van der Waals surface area contributed by atoms with E-state index in [-0.39, 0.29) is 6.61 Å². The predicted molar refractivity (Wildman–Crippen MR) is 99.7 cm³/mol. The third-order valence-corrected chi connectivity index (χ3v) is 3.38. The maximum atomic E-state index is 11.8. The van der Waals surface area contributed by atoms with Crippen LogP contribution in [0.2, 0.25) is 0 Å². The molecule has 162 valence electrons. The number of carboxylic acid groups (broad SMARTS) is 1. The van der Waals surface area contributed by atoms with E-state index in [2.05, 4.69) is 10.9 Å².